The molecule has 0 atom stereocenters. The molecule has 0 spiro atoms. The third-order valence-electron chi connectivity index (χ3n) is 3.31. The quantitative estimate of drug-likeness (QED) is 0.788. The SMILES string of the molecule is CCNc1nc(COCCC2CC2)nc2sccc12. The van der Waals surface area contributed by atoms with Crippen molar-refractivity contribution in [3.05, 3.63) is 17.3 Å². The molecule has 5 heteroatoms. The molecule has 0 saturated heterocycles. The maximum Gasteiger partial charge on any atom is 0.158 e. The number of nitrogens with zero attached hydrogens (tertiary/aromatic N) is 2. The fourth-order valence-electron chi connectivity index (χ4n) is 2.09. The molecule has 4 nitrogen and oxygen atoms in total. The van der Waals surface area contributed by atoms with Crippen molar-refractivity contribution in [1.82, 2.24) is 9.97 Å². The highest BCUT2D eigenvalue weighted by Gasteiger charge is 2.20. The van der Waals surface area contributed by atoms with Crippen molar-refractivity contribution >= 4 is 27.4 Å². The van der Waals surface area contributed by atoms with Gasteiger partial charge in [-0.15, -0.1) is 11.3 Å². The van der Waals surface area contributed by atoms with E-state index >= 15 is 0 Å². The van der Waals surface area contributed by atoms with Gasteiger partial charge in [-0.3, -0.25) is 0 Å². The highest BCUT2D eigenvalue weighted by Crippen LogP contribution is 2.32. The minimum Gasteiger partial charge on any atom is -0.373 e. The van der Waals surface area contributed by atoms with Crippen LogP contribution < -0.4 is 5.32 Å². The first-order valence-electron chi connectivity index (χ1n) is 6.92. The fourth-order valence-corrected chi connectivity index (χ4v) is 2.87. The molecule has 0 aromatic carbocycles. The molecule has 0 radical (unpaired) electrons. The van der Waals surface area contributed by atoms with Crippen LogP contribution >= 0.6 is 11.3 Å². The zero-order valence-corrected chi connectivity index (χ0v) is 12.0. The zero-order chi connectivity index (χ0) is 13.1. The number of hydrogen-bond acceptors (Lipinski definition) is 5. The van der Waals surface area contributed by atoms with Gasteiger partial charge in [0.25, 0.3) is 0 Å². The minimum absolute atomic E-state index is 0.513. The van der Waals surface area contributed by atoms with Gasteiger partial charge in [0.15, 0.2) is 5.82 Å². The normalized spacial score (nSPS) is 15.0. The smallest absolute Gasteiger partial charge is 0.158 e. The summed E-state index contributed by atoms with van der Waals surface area (Å²) >= 11 is 1.65. The van der Waals surface area contributed by atoms with E-state index in [1.165, 1.54) is 19.3 Å². The predicted octanol–water partition coefficient (Wildman–Crippen LogP) is 3.44. The van der Waals surface area contributed by atoms with E-state index in [1.54, 1.807) is 11.3 Å². The molecule has 0 bridgehead atoms. The lowest BCUT2D eigenvalue weighted by molar-refractivity contribution is 0.110. The molecular formula is C14H19N3OS. The minimum atomic E-state index is 0.513. The molecule has 0 unspecified atom stereocenters. The van der Waals surface area contributed by atoms with E-state index in [4.69, 9.17) is 4.74 Å². The first-order chi connectivity index (χ1) is 9.36. The van der Waals surface area contributed by atoms with Crippen LogP contribution in [0, 0.1) is 5.92 Å². The summed E-state index contributed by atoms with van der Waals surface area (Å²) in [4.78, 5) is 10.1. The Kier molecular flexibility index (Phi) is 3.94. The van der Waals surface area contributed by atoms with E-state index in [2.05, 4.69) is 33.7 Å². The topological polar surface area (TPSA) is 47.0 Å². The lowest BCUT2D eigenvalue weighted by Crippen LogP contribution is -2.06. The van der Waals surface area contributed by atoms with E-state index in [-0.39, 0.29) is 0 Å². The van der Waals surface area contributed by atoms with Crippen molar-refractivity contribution in [2.75, 3.05) is 18.5 Å². The van der Waals surface area contributed by atoms with Gasteiger partial charge in [0, 0.05) is 13.2 Å². The average Bonchev–Trinajstić information content (AvgIpc) is 3.11. The van der Waals surface area contributed by atoms with Crippen molar-refractivity contribution in [1.29, 1.82) is 0 Å². The fraction of sp³-hybridized carbons (Fsp3) is 0.571. The largest absolute Gasteiger partial charge is 0.373 e. The second kappa shape index (κ2) is 5.84. The molecule has 2 aromatic rings. The van der Waals surface area contributed by atoms with Crippen LogP contribution in [-0.4, -0.2) is 23.1 Å². The van der Waals surface area contributed by atoms with Gasteiger partial charge >= 0.3 is 0 Å². The van der Waals surface area contributed by atoms with Crippen molar-refractivity contribution in [2.24, 2.45) is 5.92 Å². The van der Waals surface area contributed by atoms with Gasteiger partial charge in [-0.05, 0) is 30.7 Å². The molecular weight excluding hydrogens is 258 g/mol. The highest BCUT2D eigenvalue weighted by molar-refractivity contribution is 7.16. The molecule has 1 N–H and O–H groups in total. The molecule has 0 aliphatic heterocycles. The number of hydrogen-bond donors (Lipinski definition) is 1. The summed E-state index contributed by atoms with van der Waals surface area (Å²) in [5, 5.41) is 6.45. The Balaban J connectivity index is 1.67. The summed E-state index contributed by atoms with van der Waals surface area (Å²) in [5.74, 6) is 2.62. The maximum atomic E-state index is 5.68. The van der Waals surface area contributed by atoms with Crippen LogP contribution in [0.15, 0.2) is 11.4 Å². The Morgan fingerprint density at radius 3 is 3.11 bits per heavy atom. The number of rotatable bonds is 7. The summed E-state index contributed by atoms with van der Waals surface area (Å²) < 4.78 is 5.68. The van der Waals surface area contributed by atoms with Crippen molar-refractivity contribution < 1.29 is 4.74 Å². The summed E-state index contributed by atoms with van der Waals surface area (Å²) in [6.45, 7) is 4.28. The predicted molar refractivity (Wildman–Crippen MR) is 78.6 cm³/mol. The number of thiophene rings is 1. The van der Waals surface area contributed by atoms with Gasteiger partial charge in [-0.2, -0.15) is 0 Å². The first-order valence-corrected chi connectivity index (χ1v) is 7.80. The van der Waals surface area contributed by atoms with Gasteiger partial charge in [-0.1, -0.05) is 12.8 Å². The maximum absolute atomic E-state index is 5.68. The van der Waals surface area contributed by atoms with Gasteiger partial charge in [-0.25, -0.2) is 9.97 Å². The molecule has 2 aromatic heterocycles. The third-order valence-corrected chi connectivity index (χ3v) is 4.12. The Bertz CT molecular complexity index is 551. The van der Waals surface area contributed by atoms with Crippen LogP contribution in [0.3, 0.4) is 0 Å². The highest BCUT2D eigenvalue weighted by atomic mass is 32.1. The van der Waals surface area contributed by atoms with E-state index in [9.17, 15) is 0 Å². The molecule has 1 aliphatic rings. The first kappa shape index (κ1) is 12.8. The van der Waals surface area contributed by atoms with Crippen molar-refractivity contribution in [2.45, 2.75) is 32.8 Å². The second-order valence-corrected chi connectivity index (χ2v) is 5.84. The van der Waals surface area contributed by atoms with Crippen molar-refractivity contribution in [3.63, 3.8) is 0 Å². The van der Waals surface area contributed by atoms with Crippen LogP contribution in [0.1, 0.15) is 32.0 Å². The van der Waals surface area contributed by atoms with E-state index in [0.717, 1.165) is 40.9 Å². The van der Waals surface area contributed by atoms with Gasteiger partial charge in [0.1, 0.15) is 17.3 Å². The zero-order valence-electron chi connectivity index (χ0n) is 11.2. The van der Waals surface area contributed by atoms with Crippen molar-refractivity contribution in [3.8, 4) is 0 Å². The molecule has 1 fully saturated rings. The lowest BCUT2D eigenvalue weighted by atomic mass is 10.3. The number of anilines is 1. The van der Waals surface area contributed by atoms with Crippen LogP contribution in [0.4, 0.5) is 5.82 Å². The molecule has 102 valence electrons. The number of ether oxygens (including phenoxy) is 1. The molecule has 3 rings (SSSR count). The van der Waals surface area contributed by atoms with E-state index < -0.39 is 0 Å². The van der Waals surface area contributed by atoms with Crippen LogP contribution in [0.25, 0.3) is 10.2 Å². The monoisotopic (exact) mass is 277 g/mol. The molecule has 2 heterocycles. The summed E-state index contributed by atoms with van der Waals surface area (Å²) in [7, 11) is 0. The van der Waals surface area contributed by atoms with Crippen LogP contribution in [0.2, 0.25) is 0 Å². The molecule has 1 aliphatic carbocycles. The Morgan fingerprint density at radius 2 is 2.32 bits per heavy atom. The van der Waals surface area contributed by atoms with Crippen LogP contribution in [0.5, 0.6) is 0 Å². The lowest BCUT2D eigenvalue weighted by Gasteiger charge is -2.07. The summed E-state index contributed by atoms with van der Waals surface area (Å²) in [6.07, 6.45) is 3.94. The standard InChI is InChI=1S/C14H19N3OS/c1-2-15-13-11-6-8-19-14(11)17-12(16-13)9-18-7-5-10-3-4-10/h6,8,10H,2-5,7,9H2,1H3,(H,15,16,17). The van der Waals surface area contributed by atoms with Crippen LogP contribution in [-0.2, 0) is 11.3 Å². The number of fused-ring (bicyclic) bond motifs is 1. The van der Waals surface area contributed by atoms with Gasteiger partial charge in [0.05, 0.1) is 5.39 Å². The molecule has 0 amide bonds. The van der Waals surface area contributed by atoms with Gasteiger partial charge in [0.2, 0.25) is 0 Å². The van der Waals surface area contributed by atoms with Gasteiger partial charge < -0.3 is 10.1 Å². The number of aromatic nitrogens is 2. The van der Waals surface area contributed by atoms with E-state index in [0.29, 0.717) is 6.61 Å². The number of nitrogens with one attached hydrogen (secondary N) is 1. The third kappa shape index (κ3) is 3.22. The second-order valence-electron chi connectivity index (χ2n) is 4.94. The summed E-state index contributed by atoms with van der Waals surface area (Å²) in [6, 6.07) is 2.07. The average molecular weight is 277 g/mol. The molecule has 1 saturated carbocycles. The van der Waals surface area contributed by atoms with E-state index in [1.807, 2.05) is 0 Å². The molecule has 19 heavy (non-hydrogen) atoms. The Morgan fingerprint density at radius 1 is 1.42 bits per heavy atom. The Hall–Kier alpha value is -1.20. The Labute approximate surface area is 117 Å². The summed E-state index contributed by atoms with van der Waals surface area (Å²) in [5.41, 5.74) is 0.